The highest BCUT2D eigenvalue weighted by Gasteiger charge is 2.34. The molecule has 32 heavy (non-hydrogen) atoms. The Morgan fingerprint density at radius 1 is 1.09 bits per heavy atom. The van der Waals surface area contributed by atoms with E-state index in [4.69, 9.17) is 17.3 Å². The van der Waals surface area contributed by atoms with E-state index in [1.165, 1.54) is 29.2 Å². The van der Waals surface area contributed by atoms with Crippen LogP contribution in [0.1, 0.15) is 16.1 Å². The van der Waals surface area contributed by atoms with E-state index in [-0.39, 0.29) is 20.5 Å². The van der Waals surface area contributed by atoms with Crippen molar-refractivity contribution in [3.8, 4) is 17.0 Å². The van der Waals surface area contributed by atoms with Crippen molar-refractivity contribution in [2.24, 2.45) is 0 Å². The molecular formula is C22H12F2N2O4S2. The molecule has 1 aliphatic heterocycles. The van der Waals surface area contributed by atoms with E-state index in [9.17, 15) is 23.5 Å². The van der Waals surface area contributed by atoms with E-state index in [1.807, 2.05) is 0 Å². The Morgan fingerprint density at radius 2 is 1.88 bits per heavy atom. The Labute approximate surface area is 189 Å². The molecule has 2 heterocycles. The van der Waals surface area contributed by atoms with Gasteiger partial charge in [0.15, 0.2) is 16.0 Å². The quantitative estimate of drug-likeness (QED) is 0.417. The molecule has 160 valence electrons. The van der Waals surface area contributed by atoms with Gasteiger partial charge in [0, 0.05) is 11.6 Å². The monoisotopic (exact) mass is 470 g/mol. The minimum atomic E-state index is -1.30. The molecule has 0 aliphatic carbocycles. The number of aromatic hydroxyl groups is 1. The number of thioether (sulfide) groups is 1. The van der Waals surface area contributed by atoms with E-state index in [2.05, 4.69) is 4.98 Å². The van der Waals surface area contributed by atoms with Crippen LogP contribution in [0, 0.1) is 11.6 Å². The van der Waals surface area contributed by atoms with Gasteiger partial charge in [-0.15, -0.1) is 0 Å². The van der Waals surface area contributed by atoms with Crippen LogP contribution >= 0.6 is 24.0 Å². The molecule has 0 unspecified atom stereocenters. The van der Waals surface area contributed by atoms with Gasteiger partial charge in [0.25, 0.3) is 5.91 Å². The molecule has 10 heteroatoms. The smallest absolute Gasteiger partial charge is 0.339 e. The third-order valence-electron chi connectivity index (χ3n) is 4.53. The molecule has 2 N–H and O–H groups in total. The van der Waals surface area contributed by atoms with Gasteiger partial charge in [0.1, 0.15) is 11.3 Å². The van der Waals surface area contributed by atoms with E-state index in [0.29, 0.717) is 17.0 Å². The predicted octanol–water partition coefficient (Wildman–Crippen LogP) is 4.84. The van der Waals surface area contributed by atoms with Crippen LogP contribution < -0.4 is 4.90 Å². The number of amides is 1. The van der Waals surface area contributed by atoms with Gasteiger partial charge < -0.3 is 10.2 Å². The molecule has 1 amide bonds. The maximum Gasteiger partial charge on any atom is 0.339 e. The number of aromatic carboxylic acids is 1. The third kappa shape index (κ3) is 4.10. The van der Waals surface area contributed by atoms with Crippen LogP contribution in [0.5, 0.6) is 5.75 Å². The fraction of sp³-hybridized carbons (Fsp3) is 0. The van der Waals surface area contributed by atoms with Crippen LogP contribution in [0.25, 0.3) is 17.3 Å². The van der Waals surface area contributed by atoms with Gasteiger partial charge in [-0.25, -0.2) is 18.6 Å². The van der Waals surface area contributed by atoms with Gasteiger partial charge in [-0.3, -0.25) is 9.69 Å². The summed E-state index contributed by atoms with van der Waals surface area (Å²) in [6, 6.07) is 12.1. The molecule has 0 radical (unpaired) electrons. The number of nitrogens with zero attached hydrogens (tertiary/aromatic N) is 2. The highest BCUT2D eigenvalue weighted by atomic mass is 32.2. The topological polar surface area (TPSA) is 90.7 Å². The second kappa shape index (κ2) is 8.48. The summed E-state index contributed by atoms with van der Waals surface area (Å²) in [5, 5.41) is 19.0. The van der Waals surface area contributed by atoms with Gasteiger partial charge in [-0.05, 0) is 48.5 Å². The molecule has 4 rings (SSSR count). The lowest BCUT2D eigenvalue weighted by Crippen LogP contribution is -2.27. The lowest BCUT2D eigenvalue weighted by Gasteiger charge is -2.15. The van der Waals surface area contributed by atoms with E-state index in [1.54, 1.807) is 18.2 Å². The fourth-order valence-corrected chi connectivity index (χ4v) is 4.30. The molecule has 0 saturated carbocycles. The summed E-state index contributed by atoms with van der Waals surface area (Å²) in [7, 11) is 0. The highest BCUT2D eigenvalue weighted by Crippen LogP contribution is 2.37. The first-order valence-electron chi connectivity index (χ1n) is 9.01. The lowest BCUT2D eigenvalue weighted by molar-refractivity contribution is -0.113. The van der Waals surface area contributed by atoms with E-state index in [0.717, 1.165) is 30.0 Å². The van der Waals surface area contributed by atoms with E-state index >= 15 is 0 Å². The maximum absolute atomic E-state index is 13.6. The van der Waals surface area contributed by atoms with E-state index < -0.39 is 29.3 Å². The number of thiocarbonyl (C=S) groups is 1. The second-order valence-electron chi connectivity index (χ2n) is 6.60. The lowest BCUT2D eigenvalue weighted by atomic mass is 10.1. The van der Waals surface area contributed by atoms with Gasteiger partial charge in [-0.1, -0.05) is 30.0 Å². The normalized spacial score (nSPS) is 14.9. The van der Waals surface area contributed by atoms with Crippen LogP contribution in [0.15, 0.2) is 59.5 Å². The number of phenols is 1. The Morgan fingerprint density at radius 3 is 2.56 bits per heavy atom. The number of halogens is 2. The van der Waals surface area contributed by atoms with Gasteiger partial charge in [0.2, 0.25) is 0 Å². The summed E-state index contributed by atoms with van der Waals surface area (Å²) in [5.41, 5.74) is 1.09. The third-order valence-corrected chi connectivity index (χ3v) is 5.83. The van der Waals surface area contributed by atoms with Crippen molar-refractivity contribution in [1.29, 1.82) is 0 Å². The molecular weight excluding hydrogens is 458 g/mol. The molecule has 1 aliphatic rings. The number of hydrogen-bond donors (Lipinski definition) is 2. The molecule has 1 fully saturated rings. The van der Waals surface area contributed by atoms with Crippen molar-refractivity contribution >= 4 is 51.9 Å². The number of carbonyl (C=O) groups is 2. The second-order valence-corrected chi connectivity index (χ2v) is 8.28. The summed E-state index contributed by atoms with van der Waals surface area (Å²) in [5.74, 6) is -4.22. The Bertz CT molecular complexity index is 1330. The molecule has 0 bridgehead atoms. The summed E-state index contributed by atoms with van der Waals surface area (Å²) in [4.78, 5) is 29.8. The zero-order valence-electron chi connectivity index (χ0n) is 16.0. The zero-order valence-corrected chi connectivity index (χ0v) is 17.6. The van der Waals surface area contributed by atoms with Gasteiger partial charge >= 0.3 is 5.97 Å². The fourth-order valence-electron chi connectivity index (χ4n) is 3.01. The van der Waals surface area contributed by atoms with Crippen LogP contribution in [0.2, 0.25) is 0 Å². The molecule has 0 atom stereocenters. The number of pyridine rings is 1. The maximum atomic E-state index is 13.6. The molecule has 2 aromatic carbocycles. The molecule has 1 saturated heterocycles. The summed E-state index contributed by atoms with van der Waals surface area (Å²) in [6.45, 7) is 0. The van der Waals surface area contributed by atoms with Crippen molar-refractivity contribution < 1.29 is 28.6 Å². The minimum absolute atomic E-state index is 0.195. The van der Waals surface area contributed by atoms with Crippen molar-refractivity contribution in [3.63, 3.8) is 0 Å². The molecule has 1 aromatic heterocycles. The molecule has 3 aromatic rings. The summed E-state index contributed by atoms with van der Waals surface area (Å²) < 4.78 is 27.0. The van der Waals surface area contributed by atoms with Crippen molar-refractivity contribution in [1.82, 2.24) is 4.98 Å². The Kier molecular flexibility index (Phi) is 5.72. The van der Waals surface area contributed by atoms with Gasteiger partial charge in [-0.2, -0.15) is 0 Å². The number of carbonyl (C=O) groups excluding carboxylic acids is 1. The number of rotatable bonds is 4. The number of carboxylic acids is 1. The van der Waals surface area contributed by atoms with Crippen molar-refractivity contribution in [2.45, 2.75) is 0 Å². The predicted molar refractivity (Wildman–Crippen MR) is 120 cm³/mol. The average molecular weight is 470 g/mol. The summed E-state index contributed by atoms with van der Waals surface area (Å²) in [6.07, 6.45) is 1.51. The molecule has 0 spiro atoms. The van der Waals surface area contributed by atoms with Crippen LogP contribution in [-0.2, 0) is 4.79 Å². The van der Waals surface area contributed by atoms with Gasteiger partial charge in [0.05, 0.1) is 22.0 Å². The SMILES string of the molecule is O=C(O)c1ccc(N2C(=O)C(=Cc3cccc(-c4ccc(F)c(F)c4)n3)SC2=S)cc1O. The first-order valence-corrected chi connectivity index (χ1v) is 10.2. The molecule has 6 nitrogen and oxygen atoms in total. The van der Waals surface area contributed by atoms with Crippen LogP contribution in [-0.4, -0.2) is 31.4 Å². The van der Waals surface area contributed by atoms with Crippen LogP contribution in [0.3, 0.4) is 0 Å². The highest BCUT2D eigenvalue weighted by molar-refractivity contribution is 8.27. The Hall–Kier alpha value is -3.63. The van der Waals surface area contributed by atoms with Crippen molar-refractivity contribution in [3.05, 3.63) is 82.4 Å². The largest absolute Gasteiger partial charge is 0.507 e. The first-order chi connectivity index (χ1) is 15.2. The summed E-state index contributed by atoms with van der Waals surface area (Å²) >= 11 is 6.30. The minimum Gasteiger partial charge on any atom is -0.507 e. The Balaban J connectivity index is 1.64. The van der Waals surface area contributed by atoms with Crippen LogP contribution in [0.4, 0.5) is 14.5 Å². The van der Waals surface area contributed by atoms with Crippen molar-refractivity contribution in [2.75, 3.05) is 4.90 Å². The first kappa shape index (κ1) is 21.6. The zero-order chi connectivity index (χ0) is 23.0. The average Bonchev–Trinajstić information content (AvgIpc) is 3.02. The number of benzene rings is 2. The number of hydrogen-bond acceptors (Lipinski definition) is 6. The standard InChI is InChI=1S/C22H12F2N2O4S2/c23-15-7-4-11(8-16(15)24)17-3-1-2-12(25-17)9-19-20(28)26(22(31)32-19)13-5-6-14(21(29)30)18(27)10-13/h1-10,27H,(H,29,30). The number of aromatic nitrogens is 1. The number of anilines is 1. The number of carboxylic acid groups (broad SMARTS) is 1.